The average molecular weight is 428 g/mol. The number of hydrogen-bond donors (Lipinski definition) is 2. The first-order valence-corrected chi connectivity index (χ1v) is 10.3. The van der Waals surface area contributed by atoms with Crippen molar-refractivity contribution in [1.29, 1.82) is 0 Å². The topological polar surface area (TPSA) is 98.2 Å². The normalized spacial score (nSPS) is 14.2. The SMILES string of the molecule is CNC(=O)CN(CCN1CCN(c2cccc(-c3ccc(OC)cc3)n2)CC1)C(=O)O. The number of likely N-dealkylation sites (N-methyl/N-ethyl adjacent to an activating group) is 1. The lowest BCUT2D eigenvalue weighted by Gasteiger charge is -2.36. The largest absolute Gasteiger partial charge is 0.497 e. The van der Waals surface area contributed by atoms with Crippen molar-refractivity contribution in [3.63, 3.8) is 0 Å². The molecule has 2 N–H and O–H groups in total. The van der Waals surface area contributed by atoms with Crippen LogP contribution in [0.3, 0.4) is 0 Å². The summed E-state index contributed by atoms with van der Waals surface area (Å²) < 4.78 is 5.22. The molecule has 0 bridgehead atoms. The molecule has 0 aliphatic carbocycles. The quantitative estimate of drug-likeness (QED) is 0.660. The molecule has 2 heterocycles. The molecule has 9 heteroatoms. The van der Waals surface area contributed by atoms with Gasteiger partial charge in [-0.05, 0) is 36.4 Å². The van der Waals surface area contributed by atoms with Crippen LogP contribution in [-0.4, -0.2) is 91.9 Å². The summed E-state index contributed by atoms with van der Waals surface area (Å²) in [4.78, 5) is 33.3. The van der Waals surface area contributed by atoms with Crippen molar-refractivity contribution in [3.8, 4) is 17.0 Å². The van der Waals surface area contributed by atoms with Crippen LogP contribution < -0.4 is 15.0 Å². The van der Waals surface area contributed by atoms with E-state index in [0.717, 1.165) is 53.9 Å². The average Bonchev–Trinajstić information content (AvgIpc) is 2.81. The number of methoxy groups -OCH3 is 1. The molecule has 2 amide bonds. The van der Waals surface area contributed by atoms with Crippen LogP contribution in [0.2, 0.25) is 0 Å². The van der Waals surface area contributed by atoms with Crippen molar-refractivity contribution in [1.82, 2.24) is 20.1 Å². The van der Waals surface area contributed by atoms with Gasteiger partial charge in [0.1, 0.15) is 18.1 Å². The van der Waals surface area contributed by atoms with Gasteiger partial charge >= 0.3 is 6.09 Å². The van der Waals surface area contributed by atoms with Gasteiger partial charge < -0.3 is 20.1 Å². The fraction of sp³-hybridized carbons (Fsp3) is 0.409. The van der Waals surface area contributed by atoms with Crippen molar-refractivity contribution in [2.24, 2.45) is 0 Å². The number of aromatic nitrogens is 1. The Morgan fingerprint density at radius 1 is 1.13 bits per heavy atom. The number of anilines is 1. The molecular formula is C22H29N5O4. The lowest BCUT2D eigenvalue weighted by molar-refractivity contribution is -0.121. The second-order valence-corrected chi connectivity index (χ2v) is 7.32. The highest BCUT2D eigenvalue weighted by Crippen LogP contribution is 2.23. The number of amides is 2. The van der Waals surface area contributed by atoms with E-state index in [1.807, 2.05) is 42.5 Å². The van der Waals surface area contributed by atoms with E-state index in [-0.39, 0.29) is 12.5 Å². The van der Waals surface area contributed by atoms with Gasteiger partial charge in [-0.3, -0.25) is 14.6 Å². The zero-order valence-electron chi connectivity index (χ0n) is 18.0. The first-order chi connectivity index (χ1) is 15.0. The van der Waals surface area contributed by atoms with Crippen molar-refractivity contribution < 1.29 is 19.4 Å². The van der Waals surface area contributed by atoms with E-state index in [4.69, 9.17) is 9.72 Å². The number of carbonyl (C=O) groups excluding carboxylic acids is 1. The standard InChI is InChI=1S/C22H29N5O4/c1-23-21(28)16-27(22(29)30)15-12-25-10-13-26(14-11-25)20-5-3-4-19(24-20)17-6-8-18(31-2)9-7-17/h3-9H,10-16H2,1-2H3,(H,23,28)(H,29,30). The van der Waals surface area contributed by atoms with Crippen LogP contribution in [0.1, 0.15) is 0 Å². The molecule has 1 fully saturated rings. The number of ether oxygens (including phenoxy) is 1. The molecule has 1 aliphatic rings. The van der Waals surface area contributed by atoms with E-state index in [0.29, 0.717) is 13.1 Å². The number of hydrogen-bond acceptors (Lipinski definition) is 6. The van der Waals surface area contributed by atoms with Crippen molar-refractivity contribution >= 4 is 17.8 Å². The first-order valence-electron chi connectivity index (χ1n) is 10.3. The first kappa shape index (κ1) is 22.4. The molecule has 31 heavy (non-hydrogen) atoms. The minimum atomic E-state index is -1.08. The maximum atomic E-state index is 11.5. The van der Waals surface area contributed by atoms with Crippen LogP contribution in [0.15, 0.2) is 42.5 Å². The van der Waals surface area contributed by atoms with Crippen LogP contribution in [0.5, 0.6) is 5.75 Å². The number of nitrogens with zero attached hydrogens (tertiary/aromatic N) is 4. The predicted octanol–water partition coefficient (Wildman–Crippen LogP) is 1.61. The van der Waals surface area contributed by atoms with Crippen LogP contribution in [-0.2, 0) is 4.79 Å². The molecule has 3 rings (SSSR count). The fourth-order valence-electron chi connectivity index (χ4n) is 3.48. The molecule has 1 aromatic heterocycles. The number of carboxylic acid groups (broad SMARTS) is 1. The molecule has 9 nitrogen and oxygen atoms in total. The van der Waals surface area contributed by atoms with Gasteiger partial charge in [-0.2, -0.15) is 0 Å². The molecule has 0 atom stereocenters. The smallest absolute Gasteiger partial charge is 0.407 e. The Morgan fingerprint density at radius 2 is 1.84 bits per heavy atom. The molecule has 166 valence electrons. The summed E-state index contributed by atoms with van der Waals surface area (Å²) in [5.74, 6) is 1.43. The van der Waals surface area contributed by atoms with Gasteiger partial charge in [0.15, 0.2) is 0 Å². The molecule has 0 radical (unpaired) electrons. The summed E-state index contributed by atoms with van der Waals surface area (Å²) in [5.41, 5.74) is 1.94. The predicted molar refractivity (Wildman–Crippen MR) is 119 cm³/mol. The molecule has 2 aromatic rings. The van der Waals surface area contributed by atoms with Crippen LogP contribution in [0, 0.1) is 0 Å². The molecular weight excluding hydrogens is 398 g/mol. The number of nitrogens with one attached hydrogen (secondary N) is 1. The number of rotatable bonds is 8. The monoisotopic (exact) mass is 427 g/mol. The summed E-state index contributed by atoms with van der Waals surface area (Å²) in [7, 11) is 3.15. The zero-order valence-corrected chi connectivity index (χ0v) is 18.0. The van der Waals surface area contributed by atoms with Gasteiger partial charge in [0.05, 0.1) is 12.8 Å². The molecule has 0 unspecified atom stereocenters. The van der Waals surface area contributed by atoms with E-state index in [1.54, 1.807) is 7.11 Å². The number of piperazine rings is 1. The maximum Gasteiger partial charge on any atom is 0.407 e. The molecule has 0 saturated carbocycles. The third-order valence-corrected chi connectivity index (χ3v) is 5.39. The molecule has 1 aliphatic heterocycles. The Balaban J connectivity index is 1.54. The van der Waals surface area contributed by atoms with Crippen LogP contribution in [0.4, 0.5) is 10.6 Å². The van der Waals surface area contributed by atoms with Gasteiger partial charge in [-0.25, -0.2) is 9.78 Å². The van der Waals surface area contributed by atoms with Crippen LogP contribution >= 0.6 is 0 Å². The maximum absolute atomic E-state index is 11.5. The highest BCUT2D eigenvalue weighted by Gasteiger charge is 2.21. The second-order valence-electron chi connectivity index (χ2n) is 7.32. The van der Waals surface area contributed by atoms with Crippen molar-refractivity contribution in [2.45, 2.75) is 0 Å². The Morgan fingerprint density at radius 3 is 2.45 bits per heavy atom. The van der Waals surface area contributed by atoms with E-state index >= 15 is 0 Å². The minimum Gasteiger partial charge on any atom is -0.497 e. The summed E-state index contributed by atoms with van der Waals surface area (Å²) in [5, 5.41) is 11.7. The van der Waals surface area contributed by atoms with Gasteiger partial charge in [-0.15, -0.1) is 0 Å². The highest BCUT2D eigenvalue weighted by molar-refractivity contribution is 5.81. The van der Waals surface area contributed by atoms with Gasteiger partial charge in [-0.1, -0.05) is 6.07 Å². The highest BCUT2D eigenvalue weighted by atomic mass is 16.5. The zero-order chi connectivity index (χ0) is 22.2. The van der Waals surface area contributed by atoms with Crippen molar-refractivity contribution in [3.05, 3.63) is 42.5 Å². The van der Waals surface area contributed by atoms with Gasteiger partial charge in [0, 0.05) is 51.9 Å². The molecule has 0 spiro atoms. The minimum absolute atomic E-state index is 0.145. The van der Waals surface area contributed by atoms with Crippen molar-refractivity contribution in [2.75, 3.05) is 64.9 Å². The lowest BCUT2D eigenvalue weighted by Crippen LogP contribution is -2.50. The molecule has 1 saturated heterocycles. The Kier molecular flexibility index (Phi) is 7.66. The number of carbonyl (C=O) groups is 2. The second kappa shape index (κ2) is 10.6. The van der Waals surface area contributed by atoms with E-state index in [2.05, 4.69) is 15.1 Å². The van der Waals surface area contributed by atoms with Gasteiger partial charge in [0.2, 0.25) is 5.91 Å². The van der Waals surface area contributed by atoms with E-state index in [9.17, 15) is 14.7 Å². The molecule has 1 aromatic carbocycles. The van der Waals surface area contributed by atoms with E-state index in [1.165, 1.54) is 7.05 Å². The van der Waals surface area contributed by atoms with Crippen LogP contribution in [0.25, 0.3) is 11.3 Å². The Hall–Kier alpha value is -3.33. The summed E-state index contributed by atoms with van der Waals surface area (Å²) in [6.45, 7) is 3.98. The summed E-state index contributed by atoms with van der Waals surface area (Å²) in [6.07, 6.45) is -1.08. The third kappa shape index (κ3) is 6.08. The third-order valence-electron chi connectivity index (χ3n) is 5.39. The van der Waals surface area contributed by atoms with E-state index < -0.39 is 6.09 Å². The Labute approximate surface area is 182 Å². The fourth-order valence-corrected chi connectivity index (χ4v) is 3.48. The number of benzene rings is 1. The summed E-state index contributed by atoms with van der Waals surface area (Å²) >= 11 is 0. The Bertz CT molecular complexity index is 882. The van der Waals surface area contributed by atoms with Gasteiger partial charge in [0.25, 0.3) is 0 Å². The summed E-state index contributed by atoms with van der Waals surface area (Å²) in [6, 6.07) is 13.9. The lowest BCUT2D eigenvalue weighted by atomic mass is 10.1. The number of pyridine rings is 1.